The molecule has 1 saturated carbocycles. The first kappa shape index (κ1) is 21.7. The summed E-state index contributed by atoms with van der Waals surface area (Å²) in [7, 11) is 0. The van der Waals surface area contributed by atoms with Gasteiger partial charge in [-0.25, -0.2) is 0 Å². The van der Waals surface area contributed by atoms with Crippen LogP contribution in [0.15, 0.2) is 12.1 Å². The molecule has 1 aliphatic carbocycles. The quantitative estimate of drug-likeness (QED) is 0.725. The molecule has 1 heterocycles. The summed E-state index contributed by atoms with van der Waals surface area (Å²) in [6.07, 6.45) is 8.26. The lowest BCUT2D eigenvalue weighted by Crippen LogP contribution is -2.51. The highest BCUT2D eigenvalue weighted by molar-refractivity contribution is 5.79. The predicted molar refractivity (Wildman–Crippen MR) is 115 cm³/mol. The van der Waals surface area contributed by atoms with E-state index in [1.807, 2.05) is 36.6 Å². The fraction of sp³-hybridized carbons (Fsp3) is 0.667. The van der Waals surface area contributed by atoms with Crippen LogP contribution in [0.25, 0.3) is 0 Å². The summed E-state index contributed by atoms with van der Waals surface area (Å²) in [5.74, 6) is 1.81. The van der Waals surface area contributed by atoms with E-state index in [4.69, 9.17) is 4.74 Å². The molecular weight excluding hydrogens is 364 g/mol. The van der Waals surface area contributed by atoms with Crippen molar-refractivity contribution in [2.24, 2.45) is 5.92 Å². The van der Waals surface area contributed by atoms with Crippen molar-refractivity contribution in [3.8, 4) is 5.75 Å². The van der Waals surface area contributed by atoms with Gasteiger partial charge in [-0.1, -0.05) is 44.2 Å². The molecule has 2 aliphatic rings. The van der Waals surface area contributed by atoms with E-state index in [9.17, 15) is 9.59 Å². The Morgan fingerprint density at radius 1 is 0.897 bits per heavy atom. The summed E-state index contributed by atoms with van der Waals surface area (Å²) in [6, 6.07) is 4.10. The number of aryl methyl sites for hydroxylation is 2. The average Bonchev–Trinajstić information content (AvgIpc) is 2.75. The van der Waals surface area contributed by atoms with Crippen molar-refractivity contribution in [1.82, 2.24) is 9.80 Å². The van der Waals surface area contributed by atoms with Gasteiger partial charge in [0.05, 0.1) is 0 Å². The second kappa shape index (κ2) is 10.1. The minimum absolute atomic E-state index is 0.000360. The molecule has 2 fully saturated rings. The molecule has 0 unspecified atom stereocenters. The third-order valence-electron chi connectivity index (χ3n) is 6.69. The molecule has 2 amide bonds. The highest BCUT2D eigenvalue weighted by Crippen LogP contribution is 2.28. The molecular formula is C24H36N2O3. The molecule has 1 saturated heterocycles. The van der Waals surface area contributed by atoms with Crippen molar-refractivity contribution < 1.29 is 14.3 Å². The number of carbonyl (C=O) groups excluding carboxylic acids is 2. The van der Waals surface area contributed by atoms with Crippen LogP contribution in [0.3, 0.4) is 0 Å². The second-order valence-electron chi connectivity index (χ2n) is 8.75. The lowest BCUT2D eigenvalue weighted by molar-refractivity contribution is -0.140. The normalized spacial score (nSPS) is 18.0. The van der Waals surface area contributed by atoms with Crippen molar-refractivity contribution in [2.45, 2.75) is 65.7 Å². The number of carbonyl (C=O) groups is 2. The maximum absolute atomic E-state index is 12.6. The van der Waals surface area contributed by atoms with E-state index in [0.29, 0.717) is 32.6 Å². The average molecular weight is 401 g/mol. The Labute approximate surface area is 175 Å². The van der Waals surface area contributed by atoms with E-state index in [-0.39, 0.29) is 18.4 Å². The van der Waals surface area contributed by atoms with E-state index < -0.39 is 0 Å². The topological polar surface area (TPSA) is 49.9 Å². The number of rotatable bonds is 6. The van der Waals surface area contributed by atoms with Gasteiger partial charge >= 0.3 is 0 Å². The molecule has 1 aromatic rings. The third kappa shape index (κ3) is 5.74. The molecule has 1 aromatic carbocycles. The van der Waals surface area contributed by atoms with Gasteiger partial charge in [0.1, 0.15) is 5.75 Å². The van der Waals surface area contributed by atoms with E-state index in [0.717, 1.165) is 29.2 Å². The van der Waals surface area contributed by atoms with Crippen LogP contribution in [0.5, 0.6) is 5.75 Å². The first-order valence-electron chi connectivity index (χ1n) is 11.2. The predicted octanol–water partition coefficient (Wildman–Crippen LogP) is 4.02. The van der Waals surface area contributed by atoms with Crippen LogP contribution < -0.4 is 4.74 Å². The first-order valence-corrected chi connectivity index (χ1v) is 11.2. The smallest absolute Gasteiger partial charge is 0.260 e. The molecule has 0 bridgehead atoms. The number of hydrogen-bond donors (Lipinski definition) is 0. The zero-order valence-corrected chi connectivity index (χ0v) is 18.3. The van der Waals surface area contributed by atoms with Crippen LogP contribution >= 0.6 is 0 Å². The Morgan fingerprint density at radius 3 is 2.14 bits per heavy atom. The number of hydrogen-bond acceptors (Lipinski definition) is 3. The minimum atomic E-state index is -0.000360. The standard InChI is InChI=1S/C24H36N2O3/c1-18-9-10-19(2)24(20(18)3)29-17-23(28)26-15-13-25(14-16-26)22(27)12-11-21-7-5-4-6-8-21/h9-10,21H,4-8,11-17H2,1-3H3. The van der Waals surface area contributed by atoms with Crippen molar-refractivity contribution in [1.29, 1.82) is 0 Å². The maximum Gasteiger partial charge on any atom is 0.260 e. The number of amides is 2. The van der Waals surface area contributed by atoms with Crippen molar-refractivity contribution >= 4 is 11.8 Å². The van der Waals surface area contributed by atoms with Gasteiger partial charge in [0.15, 0.2) is 6.61 Å². The molecule has 0 aromatic heterocycles. The summed E-state index contributed by atoms with van der Waals surface area (Å²) in [6.45, 7) is 8.61. The van der Waals surface area contributed by atoms with Crippen LogP contribution in [-0.2, 0) is 9.59 Å². The number of piperazine rings is 1. The molecule has 5 heteroatoms. The molecule has 5 nitrogen and oxygen atoms in total. The molecule has 0 radical (unpaired) electrons. The molecule has 0 atom stereocenters. The van der Waals surface area contributed by atoms with Gasteiger partial charge < -0.3 is 14.5 Å². The zero-order valence-electron chi connectivity index (χ0n) is 18.3. The zero-order chi connectivity index (χ0) is 20.8. The van der Waals surface area contributed by atoms with Crippen LogP contribution in [0, 0.1) is 26.7 Å². The Hall–Kier alpha value is -2.04. The molecule has 1 aliphatic heterocycles. The number of nitrogens with zero attached hydrogens (tertiary/aromatic N) is 2. The lowest BCUT2D eigenvalue weighted by atomic mass is 9.86. The van der Waals surface area contributed by atoms with E-state index >= 15 is 0 Å². The summed E-state index contributed by atoms with van der Waals surface area (Å²) in [5.41, 5.74) is 3.30. The fourth-order valence-corrected chi connectivity index (χ4v) is 4.54. The highest BCUT2D eigenvalue weighted by atomic mass is 16.5. The molecule has 29 heavy (non-hydrogen) atoms. The van der Waals surface area contributed by atoms with Crippen molar-refractivity contribution in [3.63, 3.8) is 0 Å². The van der Waals surface area contributed by atoms with Gasteiger partial charge in [0.2, 0.25) is 5.91 Å². The SMILES string of the molecule is Cc1ccc(C)c(OCC(=O)N2CCN(C(=O)CCC3CCCCC3)CC2)c1C. The Balaban J connectivity index is 1.41. The van der Waals surface area contributed by atoms with Gasteiger partial charge in [0.25, 0.3) is 5.91 Å². The molecule has 160 valence electrons. The van der Waals surface area contributed by atoms with Crippen molar-refractivity contribution in [2.75, 3.05) is 32.8 Å². The fourth-order valence-electron chi connectivity index (χ4n) is 4.54. The van der Waals surface area contributed by atoms with E-state index in [1.54, 1.807) is 0 Å². The van der Waals surface area contributed by atoms with E-state index in [2.05, 4.69) is 6.07 Å². The van der Waals surface area contributed by atoms with Crippen LogP contribution in [-0.4, -0.2) is 54.4 Å². The van der Waals surface area contributed by atoms with Gasteiger partial charge in [-0.05, 0) is 49.8 Å². The van der Waals surface area contributed by atoms with Crippen LogP contribution in [0.2, 0.25) is 0 Å². The molecule has 0 N–H and O–H groups in total. The van der Waals surface area contributed by atoms with Crippen LogP contribution in [0.4, 0.5) is 0 Å². The van der Waals surface area contributed by atoms with Gasteiger partial charge in [-0.2, -0.15) is 0 Å². The third-order valence-corrected chi connectivity index (χ3v) is 6.69. The Kier molecular flexibility index (Phi) is 7.57. The Morgan fingerprint density at radius 2 is 1.48 bits per heavy atom. The second-order valence-corrected chi connectivity index (χ2v) is 8.75. The summed E-state index contributed by atoms with van der Waals surface area (Å²) < 4.78 is 5.87. The lowest BCUT2D eigenvalue weighted by Gasteiger charge is -2.35. The summed E-state index contributed by atoms with van der Waals surface area (Å²) in [5, 5.41) is 0. The van der Waals surface area contributed by atoms with Gasteiger partial charge in [-0.15, -0.1) is 0 Å². The maximum atomic E-state index is 12.6. The first-order chi connectivity index (χ1) is 14.0. The van der Waals surface area contributed by atoms with Crippen molar-refractivity contribution in [3.05, 3.63) is 28.8 Å². The van der Waals surface area contributed by atoms with Gasteiger partial charge in [-0.3, -0.25) is 9.59 Å². The minimum Gasteiger partial charge on any atom is -0.483 e. The summed E-state index contributed by atoms with van der Waals surface area (Å²) >= 11 is 0. The summed E-state index contributed by atoms with van der Waals surface area (Å²) in [4.78, 5) is 28.9. The Bertz CT molecular complexity index is 717. The molecule has 3 rings (SSSR count). The van der Waals surface area contributed by atoms with Crippen LogP contribution in [0.1, 0.15) is 61.6 Å². The number of ether oxygens (including phenoxy) is 1. The van der Waals surface area contributed by atoms with Gasteiger partial charge in [0, 0.05) is 32.6 Å². The largest absolute Gasteiger partial charge is 0.483 e. The number of benzene rings is 1. The highest BCUT2D eigenvalue weighted by Gasteiger charge is 2.25. The van der Waals surface area contributed by atoms with E-state index in [1.165, 1.54) is 37.7 Å². The molecule has 0 spiro atoms. The monoisotopic (exact) mass is 400 g/mol.